The normalized spacial score (nSPS) is 18.3. The number of nitrogens with two attached hydrogens (primary N) is 1. The van der Waals surface area contributed by atoms with Gasteiger partial charge in [0.2, 0.25) is 0 Å². The third kappa shape index (κ3) is 5.41. The molecule has 0 saturated carbocycles. The molecule has 5 nitrogen and oxygen atoms in total. The van der Waals surface area contributed by atoms with E-state index in [1.54, 1.807) is 0 Å². The molecule has 1 saturated heterocycles. The number of nitrogens with zero attached hydrogens (tertiary/aromatic N) is 4. The Hall–Kier alpha value is -7.76. The highest BCUT2D eigenvalue weighted by Gasteiger charge is 2.55. The lowest BCUT2D eigenvalue weighted by atomic mass is 9.76. The van der Waals surface area contributed by atoms with Gasteiger partial charge >= 0.3 is 0 Å². The second kappa shape index (κ2) is 13.9. The largest absolute Gasteiger partial charge is 0.321 e. The molecule has 2 aliphatic heterocycles. The molecule has 62 heavy (non-hydrogen) atoms. The fourth-order valence-electron chi connectivity index (χ4n) is 10.5. The molecule has 0 aromatic heterocycles. The van der Waals surface area contributed by atoms with Gasteiger partial charge in [-0.25, -0.2) is 4.99 Å². The molecule has 296 valence electrons. The Morgan fingerprint density at radius 3 is 1.94 bits per heavy atom. The number of amidine groups is 1. The van der Waals surface area contributed by atoms with Crippen molar-refractivity contribution in [1.29, 1.82) is 0 Å². The summed E-state index contributed by atoms with van der Waals surface area (Å²) in [7, 11) is 0. The first-order valence-electron chi connectivity index (χ1n) is 21.4. The third-order valence-electron chi connectivity index (χ3n) is 13.4. The molecule has 1 fully saturated rings. The fourth-order valence-corrected chi connectivity index (χ4v) is 10.5. The van der Waals surface area contributed by atoms with Crippen molar-refractivity contribution in [2.24, 2.45) is 15.9 Å². The van der Waals surface area contributed by atoms with Gasteiger partial charge in [0.05, 0.1) is 29.2 Å². The summed E-state index contributed by atoms with van der Waals surface area (Å²) in [5.74, 6) is 6.62. The molecular weight excluding hydrogens is 755 g/mol. The van der Waals surface area contributed by atoms with Crippen molar-refractivity contribution in [2.75, 3.05) is 5.01 Å². The van der Waals surface area contributed by atoms with E-state index < -0.39 is 0 Å². The summed E-state index contributed by atoms with van der Waals surface area (Å²) in [5, 5.41) is 14.2. The van der Waals surface area contributed by atoms with Crippen LogP contribution >= 0.6 is 0 Å². The van der Waals surface area contributed by atoms with Crippen molar-refractivity contribution in [1.82, 2.24) is 5.01 Å². The van der Waals surface area contributed by atoms with Crippen LogP contribution in [0.2, 0.25) is 0 Å². The van der Waals surface area contributed by atoms with Crippen LogP contribution in [0.3, 0.4) is 0 Å². The van der Waals surface area contributed by atoms with Gasteiger partial charge in [0.25, 0.3) is 0 Å². The smallest absolute Gasteiger partial charge is 0.179 e. The molecule has 0 bridgehead atoms. The van der Waals surface area contributed by atoms with Crippen molar-refractivity contribution in [2.45, 2.75) is 31.3 Å². The minimum absolute atomic E-state index is 0.204. The molecule has 2 heterocycles. The van der Waals surface area contributed by atoms with E-state index in [4.69, 9.17) is 10.8 Å². The zero-order valence-electron chi connectivity index (χ0n) is 34.6. The first-order valence-corrected chi connectivity index (χ1v) is 21.4. The molecular formula is C57H43N5. The summed E-state index contributed by atoms with van der Waals surface area (Å²) in [4.78, 5) is 5.31. The van der Waals surface area contributed by atoms with Crippen molar-refractivity contribution in [3.05, 3.63) is 234 Å². The molecule has 0 radical (unpaired) electrons. The molecule has 2 atom stereocenters. The number of rotatable bonds is 5. The number of allylic oxidation sites excluding steroid dienone is 3. The Bertz CT molecular complexity index is 3300. The molecule has 8 aromatic carbocycles. The average Bonchev–Trinajstić information content (AvgIpc) is 3.55. The standard InChI is InChI=1S/C57H43N5/c1-57(2)49-30-29-38(34-48(49)55-53(57)46-25-13-14-26-50(46)61-51-27-15-16-28-52(51)62(55)61)40-31-41(47-35-39-21-9-10-22-43(39)44-23-11-12-24-45(44)47)33-42(32-40)54(36-17-5-3-6-18-36)59-56(60-58)37-19-7-4-8-20-37/h3-35,51-52H,58H2,1-2H3/b59-54?,60-56-. The summed E-state index contributed by atoms with van der Waals surface area (Å²) in [6, 6.07) is 63.8. The zero-order chi connectivity index (χ0) is 41.5. The van der Waals surface area contributed by atoms with Gasteiger partial charge in [-0.3, -0.25) is 10.0 Å². The average molecular weight is 798 g/mol. The number of para-hydroxylation sites is 1. The fraction of sp³-hybridized carbons (Fsp3) is 0.0877. The van der Waals surface area contributed by atoms with Crippen LogP contribution in [-0.4, -0.2) is 28.6 Å². The van der Waals surface area contributed by atoms with Gasteiger partial charge in [-0.2, -0.15) is 5.10 Å². The number of hydrogen-bond acceptors (Lipinski definition) is 4. The van der Waals surface area contributed by atoms with Gasteiger partial charge < -0.3 is 5.84 Å². The topological polar surface area (TPSA) is 57.2 Å². The summed E-state index contributed by atoms with van der Waals surface area (Å²) in [6.45, 7) is 4.79. The Balaban J connectivity index is 1.11. The third-order valence-corrected chi connectivity index (χ3v) is 13.4. The van der Waals surface area contributed by atoms with Gasteiger partial charge in [0.15, 0.2) is 5.84 Å². The maximum atomic E-state index is 6.15. The van der Waals surface area contributed by atoms with Crippen molar-refractivity contribution >= 4 is 50.0 Å². The maximum Gasteiger partial charge on any atom is 0.179 e. The Morgan fingerprint density at radius 1 is 0.516 bits per heavy atom. The van der Waals surface area contributed by atoms with Gasteiger partial charge in [0, 0.05) is 33.2 Å². The molecule has 2 unspecified atom stereocenters. The van der Waals surface area contributed by atoms with E-state index in [9.17, 15) is 0 Å². The first-order chi connectivity index (χ1) is 30.5. The quantitative estimate of drug-likeness (QED) is 0.0620. The second-order valence-corrected chi connectivity index (χ2v) is 17.2. The Kier molecular flexibility index (Phi) is 8.10. The van der Waals surface area contributed by atoms with E-state index in [-0.39, 0.29) is 17.5 Å². The molecule has 0 spiro atoms. The highest BCUT2D eigenvalue weighted by atomic mass is 15.7. The van der Waals surface area contributed by atoms with Crippen molar-refractivity contribution in [3.63, 3.8) is 0 Å². The SMILES string of the molecule is CC1(C)C2=C(c3cc(-c4cc(C(=N/C(=N\N)c5ccccc5)c5ccccc5)cc(-c5cc6ccccc6c6ccccc56)c4)ccc31)N1C3C=CC=CC3N1c1ccccc12. The van der Waals surface area contributed by atoms with E-state index in [2.05, 4.69) is 193 Å². The van der Waals surface area contributed by atoms with Crippen LogP contribution < -0.4 is 10.9 Å². The van der Waals surface area contributed by atoms with Gasteiger partial charge in [0.1, 0.15) is 0 Å². The summed E-state index contributed by atoms with van der Waals surface area (Å²) >= 11 is 0. The van der Waals surface area contributed by atoms with E-state index in [1.165, 1.54) is 60.8 Å². The number of hydrazine groups is 1. The number of aliphatic imine (C=N–C) groups is 1. The minimum Gasteiger partial charge on any atom is -0.321 e. The van der Waals surface area contributed by atoms with Gasteiger partial charge in [-0.15, -0.1) is 0 Å². The lowest BCUT2D eigenvalue weighted by molar-refractivity contribution is 0.159. The summed E-state index contributed by atoms with van der Waals surface area (Å²) in [5.41, 5.74) is 15.8. The minimum atomic E-state index is -0.204. The highest BCUT2D eigenvalue weighted by molar-refractivity contribution is 6.21. The molecule has 12 rings (SSSR count). The molecule has 2 aliphatic carbocycles. The predicted molar refractivity (Wildman–Crippen MR) is 258 cm³/mol. The molecule has 8 aromatic rings. The van der Waals surface area contributed by atoms with Crippen LogP contribution in [0.5, 0.6) is 0 Å². The molecule has 5 heteroatoms. The summed E-state index contributed by atoms with van der Waals surface area (Å²) in [6.07, 6.45) is 9.09. The second-order valence-electron chi connectivity index (χ2n) is 17.2. The number of benzene rings is 8. The Labute approximate surface area is 361 Å². The van der Waals surface area contributed by atoms with Crippen LogP contribution in [0.15, 0.2) is 210 Å². The van der Waals surface area contributed by atoms with Crippen LogP contribution in [-0.2, 0) is 5.41 Å². The highest BCUT2D eigenvalue weighted by Crippen LogP contribution is 2.60. The van der Waals surface area contributed by atoms with Crippen LogP contribution in [0.1, 0.15) is 47.2 Å². The van der Waals surface area contributed by atoms with E-state index in [0.717, 1.165) is 39.1 Å². The number of hydrogen-bond donors (Lipinski definition) is 1. The molecule has 4 aliphatic rings. The van der Waals surface area contributed by atoms with Gasteiger partial charge in [-0.05, 0) is 91.3 Å². The van der Waals surface area contributed by atoms with E-state index in [0.29, 0.717) is 5.84 Å². The maximum absolute atomic E-state index is 6.15. The van der Waals surface area contributed by atoms with E-state index in [1.807, 2.05) is 36.4 Å². The Morgan fingerprint density at radius 2 is 1.16 bits per heavy atom. The lowest BCUT2D eigenvalue weighted by Crippen LogP contribution is -2.70. The number of hydrazone groups is 1. The van der Waals surface area contributed by atoms with Crippen LogP contribution in [0, 0.1) is 0 Å². The van der Waals surface area contributed by atoms with Crippen molar-refractivity contribution in [3.8, 4) is 22.3 Å². The predicted octanol–water partition coefficient (Wildman–Crippen LogP) is 12.6. The van der Waals surface area contributed by atoms with Gasteiger partial charge in [-0.1, -0.05) is 178 Å². The van der Waals surface area contributed by atoms with Crippen LogP contribution in [0.25, 0.3) is 55.1 Å². The summed E-state index contributed by atoms with van der Waals surface area (Å²) < 4.78 is 0. The van der Waals surface area contributed by atoms with Crippen molar-refractivity contribution < 1.29 is 0 Å². The zero-order valence-corrected chi connectivity index (χ0v) is 34.6. The lowest BCUT2D eigenvalue weighted by Gasteiger charge is -2.61. The molecule has 2 N–H and O–H groups in total. The number of fused-ring (bicyclic) bond motifs is 13. The molecule has 0 amide bonds. The monoisotopic (exact) mass is 797 g/mol. The van der Waals surface area contributed by atoms with Crippen LogP contribution in [0.4, 0.5) is 5.69 Å². The van der Waals surface area contributed by atoms with E-state index >= 15 is 0 Å². The number of anilines is 1. The first kappa shape index (κ1) is 36.1.